The maximum absolute atomic E-state index is 3.72. The summed E-state index contributed by atoms with van der Waals surface area (Å²) in [5.74, 6) is 0. The molecule has 0 N–H and O–H groups in total. The van der Waals surface area contributed by atoms with Gasteiger partial charge < -0.3 is 0 Å². The van der Waals surface area contributed by atoms with E-state index < -0.39 is 0 Å². The fraction of sp³-hybridized carbons (Fsp3) is 0.571. The molecule has 0 saturated heterocycles. The van der Waals surface area contributed by atoms with Gasteiger partial charge in [0.25, 0.3) is 0 Å². The maximum atomic E-state index is 3.72. The van der Waals surface area contributed by atoms with Gasteiger partial charge in [0.05, 0.1) is 0 Å². The van der Waals surface area contributed by atoms with Crippen LogP contribution in [0.15, 0.2) is 37.0 Å². The molecule has 0 unspecified atom stereocenters. The third-order valence-electron chi connectivity index (χ3n) is 2.20. The smallest absolute Gasteiger partial charge is 0.0169 e. The fourth-order valence-corrected chi connectivity index (χ4v) is 1.33. The molecule has 0 rings (SSSR count). The molecule has 80 valence electrons. The summed E-state index contributed by atoms with van der Waals surface area (Å²) in [7, 11) is 0. The zero-order chi connectivity index (χ0) is 10.5. The molecule has 14 heavy (non-hydrogen) atoms. The molecule has 0 atom stereocenters. The van der Waals surface area contributed by atoms with Crippen LogP contribution in [0.1, 0.15) is 51.9 Å². The first-order valence-electron chi connectivity index (χ1n) is 5.79. The van der Waals surface area contributed by atoms with Crippen molar-refractivity contribution in [2.45, 2.75) is 51.9 Å². The van der Waals surface area contributed by atoms with E-state index in [0.717, 1.165) is 6.42 Å². The maximum Gasteiger partial charge on any atom is -0.0169 e. The summed E-state index contributed by atoms with van der Waals surface area (Å²) in [5, 5.41) is 0. The van der Waals surface area contributed by atoms with Gasteiger partial charge in [0.15, 0.2) is 0 Å². The highest BCUT2D eigenvalue weighted by atomic mass is 13.9. The Kier molecular flexibility index (Phi) is 11.5. The van der Waals surface area contributed by atoms with Crippen molar-refractivity contribution in [3.63, 3.8) is 0 Å². The fourth-order valence-electron chi connectivity index (χ4n) is 1.33. The Bertz CT molecular complexity index is 163. The third-order valence-corrected chi connectivity index (χ3v) is 2.20. The standard InChI is InChI=1S/C14H24/c1-3-5-7-9-11-13-14-12-10-8-6-4-2/h3-4,6,10,12H,1,5,7-9,11,13-14H2,2H3. The Morgan fingerprint density at radius 2 is 1.57 bits per heavy atom. The predicted octanol–water partition coefficient (Wildman–Crippen LogP) is 5.04. The molecule has 0 bridgehead atoms. The Balaban J connectivity index is 3.04. The lowest BCUT2D eigenvalue weighted by Gasteiger charge is -1.96. The SMILES string of the molecule is C=CCCCCCCC=CCC=CC. The monoisotopic (exact) mass is 192 g/mol. The lowest BCUT2D eigenvalue weighted by Crippen LogP contribution is -1.76. The summed E-state index contributed by atoms with van der Waals surface area (Å²) < 4.78 is 0. The van der Waals surface area contributed by atoms with Crippen molar-refractivity contribution in [1.29, 1.82) is 0 Å². The summed E-state index contributed by atoms with van der Waals surface area (Å²) in [4.78, 5) is 0. The average Bonchev–Trinajstić information content (AvgIpc) is 2.21. The van der Waals surface area contributed by atoms with E-state index in [1.807, 2.05) is 6.08 Å². The van der Waals surface area contributed by atoms with Crippen LogP contribution in [0.3, 0.4) is 0 Å². The molecular formula is C14H24. The zero-order valence-corrected chi connectivity index (χ0v) is 9.54. The van der Waals surface area contributed by atoms with Gasteiger partial charge in [0.2, 0.25) is 0 Å². The second-order valence-corrected chi connectivity index (χ2v) is 3.56. The number of allylic oxidation sites excluding steroid dienone is 5. The van der Waals surface area contributed by atoms with Crippen molar-refractivity contribution in [2.24, 2.45) is 0 Å². The van der Waals surface area contributed by atoms with Crippen molar-refractivity contribution in [1.82, 2.24) is 0 Å². The predicted molar refractivity (Wildman–Crippen MR) is 66.5 cm³/mol. The first-order valence-corrected chi connectivity index (χ1v) is 5.79. The van der Waals surface area contributed by atoms with Gasteiger partial charge in [-0.1, -0.05) is 43.2 Å². The summed E-state index contributed by atoms with van der Waals surface area (Å²) in [5.41, 5.74) is 0. The second-order valence-electron chi connectivity index (χ2n) is 3.56. The van der Waals surface area contributed by atoms with Crippen molar-refractivity contribution < 1.29 is 0 Å². The Morgan fingerprint density at radius 3 is 2.21 bits per heavy atom. The van der Waals surface area contributed by atoms with E-state index in [-0.39, 0.29) is 0 Å². The Hall–Kier alpha value is -0.780. The second kappa shape index (κ2) is 12.2. The van der Waals surface area contributed by atoms with Crippen LogP contribution >= 0.6 is 0 Å². The Labute approximate surface area is 89.4 Å². The van der Waals surface area contributed by atoms with Crippen LogP contribution in [0.2, 0.25) is 0 Å². The van der Waals surface area contributed by atoms with Crippen molar-refractivity contribution >= 4 is 0 Å². The van der Waals surface area contributed by atoms with E-state index >= 15 is 0 Å². The molecule has 0 aromatic heterocycles. The molecule has 0 aliphatic rings. The molecule has 0 amide bonds. The molecule has 0 heterocycles. The molecule has 0 radical (unpaired) electrons. The van der Waals surface area contributed by atoms with Crippen LogP contribution in [0.4, 0.5) is 0 Å². The number of unbranched alkanes of at least 4 members (excludes halogenated alkanes) is 5. The van der Waals surface area contributed by atoms with Crippen LogP contribution < -0.4 is 0 Å². The van der Waals surface area contributed by atoms with Crippen LogP contribution in [0.25, 0.3) is 0 Å². The number of rotatable bonds is 9. The normalized spacial score (nSPS) is 11.5. The molecule has 0 fully saturated rings. The van der Waals surface area contributed by atoms with Gasteiger partial charge in [-0.2, -0.15) is 0 Å². The summed E-state index contributed by atoms with van der Waals surface area (Å²) in [6.07, 6.45) is 19.7. The molecule has 0 nitrogen and oxygen atoms in total. The summed E-state index contributed by atoms with van der Waals surface area (Å²) in [6, 6.07) is 0. The van der Waals surface area contributed by atoms with E-state index in [9.17, 15) is 0 Å². The topological polar surface area (TPSA) is 0 Å². The van der Waals surface area contributed by atoms with E-state index in [1.165, 1.54) is 38.5 Å². The molecule has 0 saturated carbocycles. The molecule has 0 spiro atoms. The average molecular weight is 192 g/mol. The first-order chi connectivity index (χ1) is 6.91. The van der Waals surface area contributed by atoms with Gasteiger partial charge in [-0.15, -0.1) is 6.58 Å². The van der Waals surface area contributed by atoms with Crippen LogP contribution in [-0.2, 0) is 0 Å². The van der Waals surface area contributed by atoms with E-state index in [2.05, 4.69) is 37.8 Å². The third kappa shape index (κ3) is 11.2. The highest BCUT2D eigenvalue weighted by molar-refractivity contribution is 4.91. The van der Waals surface area contributed by atoms with Crippen LogP contribution in [0.5, 0.6) is 0 Å². The van der Waals surface area contributed by atoms with Gasteiger partial charge in [-0.05, 0) is 39.0 Å². The first kappa shape index (κ1) is 13.2. The van der Waals surface area contributed by atoms with E-state index in [0.29, 0.717) is 0 Å². The van der Waals surface area contributed by atoms with Gasteiger partial charge in [0, 0.05) is 0 Å². The minimum Gasteiger partial charge on any atom is -0.103 e. The van der Waals surface area contributed by atoms with Gasteiger partial charge >= 0.3 is 0 Å². The molecule has 0 aliphatic heterocycles. The van der Waals surface area contributed by atoms with Gasteiger partial charge in [-0.25, -0.2) is 0 Å². The van der Waals surface area contributed by atoms with Crippen LogP contribution in [-0.4, -0.2) is 0 Å². The molecule has 0 aromatic carbocycles. The quantitative estimate of drug-likeness (QED) is 0.355. The summed E-state index contributed by atoms with van der Waals surface area (Å²) >= 11 is 0. The molecule has 0 heteroatoms. The number of hydrogen-bond donors (Lipinski definition) is 0. The zero-order valence-electron chi connectivity index (χ0n) is 9.54. The molecule has 0 aliphatic carbocycles. The highest BCUT2D eigenvalue weighted by Gasteiger charge is 1.86. The molecular weight excluding hydrogens is 168 g/mol. The number of hydrogen-bond acceptors (Lipinski definition) is 0. The minimum atomic E-state index is 1.09. The van der Waals surface area contributed by atoms with E-state index in [1.54, 1.807) is 0 Å². The van der Waals surface area contributed by atoms with E-state index in [4.69, 9.17) is 0 Å². The molecule has 0 aromatic rings. The lowest BCUT2D eigenvalue weighted by atomic mass is 10.1. The van der Waals surface area contributed by atoms with Crippen molar-refractivity contribution in [3.8, 4) is 0 Å². The largest absolute Gasteiger partial charge is 0.103 e. The Morgan fingerprint density at radius 1 is 0.857 bits per heavy atom. The van der Waals surface area contributed by atoms with Gasteiger partial charge in [0.1, 0.15) is 0 Å². The minimum absolute atomic E-state index is 1.09. The lowest BCUT2D eigenvalue weighted by molar-refractivity contribution is 0.652. The van der Waals surface area contributed by atoms with Crippen LogP contribution in [0, 0.1) is 0 Å². The summed E-state index contributed by atoms with van der Waals surface area (Å²) in [6.45, 7) is 5.78. The van der Waals surface area contributed by atoms with Crippen molar-refractivity contribution in [3.05, 3.63) is 37.0 Å². The van der Waals surface area contributed by atoms with Crippen molar-refractivity contribution in [2.75, 3.05) is 0 Å². The van der Waals surface area contributed by atoms with Gasteiger partial charge in [-0.3, -0.25) is 0 Å². The highest BCUT2D eigenvalue weighted by Crippen LogP contribution is 2.06.